The molecule has 104 valence electrons. The molecule has 1 N–H and O–H groups in total. The van der Waals surface area contributed by atoms with Crippen LogP contribution in [0.25, 0.3) is 11.1 Å². The van der Waals surface area contributed by atoms with E-state index in [2.05, 4.69) is 35.6 Å². The van der Waals surface area contributed by atoms with E-state index in [1.165, 1.54) is 5.56 Å². The quantitative estimate of drug-likeness (QED) is 0.929. The maximum atomic E-state index is 5.82. The van der Waals surface area contributed by atoms with Crippen LogP contribution in [-0.4, -0.2) is 26.8 Å². The first kappa shape index (κ1) is 13.2. The number of para-hydroxylation sites is 1. The second-order valence-corrected chi connectivity index (χ2v) is 4.89. The summed E-state index contributed by atoms with van der Waals surface area (Å²) < 4.78 is 11.3. The fraction of sp³-hybridized carbons (Fsp3) is 0.294. The van der Waals surface area contributed by atoms with Gasteiger partial charge in [0.05, 0.1) is 19.8 Å². The molecule has 3 rings (SSSR count). The molecule has 1 heterocycles. The van der Waals surface area contributed by atoms with E-state index < -0.39 is 0 Å². The average Bonchev–Trinajstić information content (AvgIpc) is 2.56. The molecule has 1 saturated heterocycles. The van der Waals surface area contributed by atoms with Crippen LogP contribution < -0.4 is 10.1 Å². The zero-order valence-corrected chi connectivity index (χ0v) is 11.6. The molecule has 0 bridgehead atoms. The zero-order valence-electron chi connectivity index (χ0n) is 11.6. The number of hydrogen-bond donors (Lipinski definition) is 1. The summed E-state index contributed by atoms with van der Waals surface area (Å²) in [5, 5.41) is 3.37. The Morgan fingerprint density at radius 1 is 1.15 bits per heavy atom. The molecule has 0 saturated carbocycles. The van der Waals surface area contributed by atoms with Gasteiger partial charge in [-0.25, -0.2) is 0 Å². The molecule has 0 spiro atoms. The second kappa shape index (κ2) is 6.07. The molecule has 1 fully saturated rings. The molecule has 0 aliphatic carbocycles. The van der Waals surface area contributed by atoms with Crippen LogP contribution in [0.1, 0.15) is 11.7 Å². The van der Waals surface area contributed by atoms with Gasteiger partial charge in [-0.2, -0.15) is 0 Å². The second-order valence-electron chi connectivity index (χ2n) is 4.89. The number of ether oxygens (including phenoxy) is 2. The molecule has 1 unspecified atom stereocenters. The van der Waals surface area contributed by atoms with Crippen LogP contribution in [0.4, 0.5) is 0 Å². The van der Waals surface area contributed by atoms with Crippen LogP contribution in [-0.2, 0) is 4.74 Å². The summed E-state index contributed by atoms with van der Waals surface area (Å²) in [7, 11) is 1.71. The van der Waals surface area contributed by atoms with Gasteiger partial charge in [0.15, 0.2) is 0 Å². The first-order valence-corrected chi connectivity index (χ1v) is 6.94. The number of nitrogens with one attached hydrogen (secondary N) is 1. The number of hydrogen-bond acceptors (Lipinski definition) is 3. The minimum Gasteiger partial charge on any atom is -0.496 e. The van der Waals surface area contributed by atoms with Crippen molar-refractivity contribution in [2.45, 2.75) is 6.10 Å². The van der Waals surface area contributed by atoms with Crippen molar-refractivity contribution in [1.29, 1.82) is 0 Å². The molecule has 1 aliphatic heterocycles. The third-order valence-electron chi connectivity index (χ3n) is 3.60. The van der Waals surface area contributed by atoms with Gasteiger partial charge >= 0.3 is 0 Å². The van der Waals surface area contributed by atoms with E-state index in [1.807, 2.05) is 18.2 Å². The Balaban J connectivity index is 1.94. The van der Waals surface area contributed by atoms with Crippen LogP contribution in [0.15, 0.2) is 48.5 Å². The molecule has 2 aromatic rings. The van der Waals surface area contributed by atoms with Gasteiger partial charge in [0.25, 0.3) is 0 Å². The molecular weight excluding hydrogens is 250 g/mol. The Morgan fingerprint density at radius 3 is 2.85 bits per heavy atom. The molecule has 3 heteroatoms. The summed E-state index contributed by atoms with van der Waals surface area (Å²) in [6, 6.07) is 16.6. The molecule has 0 amide bonds. The van der Waals surface area contributed by atoms with Crippen LogP contribution in [0.2, 0.25) is 0 Å². The standard InChI is InChI=1S/C17H19NO2/c1-19-16-8-3-2-7-15(16)13-5-4-6-14(11-13)17-12-18-9-10-20-17/h2-8,11,17-18H,9-10,12H2,1H3. The first-order valence-electron chi connectivity index (χ1n) is 6.94. The van der Waals surface area contributed by atoms with Crippen molar-refractivity contribution in [2.24, 2.45) is 0 Å². The Morgan fingerprint density at radius 2 is 2.05 bits per heavy atom. The smallest absolute Gasteiger partial charge is 0.126 e. The topological polar surface area (TPSA) is 30.5 Å². The lowest BCUT2D eigenvalue weighted by Gasteiger charge is -2.24. The van der Waals surface area contributed by atoms with Gasteiger partial charge in [0.1, 0.15) is 5.75 Å². The Labute approximate surface area is 119 Å². The van der Waals surface area contributed by atoms with Crippen molar-refractivity contribution in [1.82, 2.24) is 5.32 Å². The zero-order chi connectivity index (χ0) is 13.8. The number of benzene rings is 2. The average molecular weight is 269 g/mol. The van der Waals surface area contributed by atoms with E-state index in [4.69, 9.17) is 9.47 Å². The minimum absolute atomic E-state index is 0.137. The van der Waals surface area contributed by atoms with Crippen molar-refractivity contribution in [3.63, 3.8) is 0 Å². The maximum absolute atomic E-state index is 5.82. The highest BCUT2D eigenvalue weighted by atomic mass is 16.5. The third kappa shape index (κ3) is 2.69. The summed E-state index contributed by atoms with van der Waals surface area (Å²) >= 11 is 0. The van der Waals surface area contributed by atoms with Gasteiger partial charge in [-0.05, 0) is 23.3 Å². The summed E-state index contributed by atoms with van der Waals surface area (Å²) in [6.45, 7) is 2.57. The molecule has 1 aliphatic rings. The number of rotatable bonds is 3. The molecule has 2 aromatic carbocycles. The van der Waals surface area contributed by atoms with E-state index in [9.17, 15) is 0 Å². The van der Waals surface area contributed by atoms with Gasteiger partial charge in [-0.1, -0.05) is 36.4 Å². The highest BCUT2D eigenvalue weighted by molar-refractivity contribution is 5.70. The normalized spacial score (nSPS) is 18.8. The summed E-state index contributed by atoms with van der Waals surface area (Å²) in [6.07, 6.45) is 0.137. The van der Waals surface area contributed by atoms with Crippen molar-refractivity contribution < 1.29 is 9.47 Å². The molecular formula is C17H19NO2. The van der Waals surface area contributed by atoms with E-state index in [0.29, 0.717) is 0 Å². The molecule has 1 atom stereocenters. The number of methoxy groups -OCH3 is 1. The molecule has 3 nitrogen and oxygen atoms in total. The van der Waals surface area contributed by atoms with E-state index >= 15 is 0 Å². The largest absolute Gasteiger partial charge is 0.496 e. The Bertz CT molecular complexity index is 577. The maximum Gasteiger partial charge on any atom is 0.126 e. The van der Waals surface area contributed by atoms with Crippen LogP contribution in [0.3, 0.4) is 0 Å². The minimum atomic E-state index is 0.137. The predicted octanol–water partition coefficient (Wildman–Crippen LogP) is 3.02. The Hall–Kier alpha value is -1.84. The van der Waals surface area contributed by atoms with Crippen LogP contribution in [0.5, 0.6) is 5.75 Å². The lowest BCUT2D eigenvalue weighted by molar-refractivity contribution is 0.0277. The van der Waals surface area contributed by atoms with Crippen molar-refractivity contribution >= 4 is 0 Å². The summed E-state index contributed by atoms with van der Waals surface area (Å²) in [5.41, 5.74) is 3.48. The predicted molar refractivity (Wildman–Crippen MR) is 80.0 cm³/mol. The van der Waals surface area contributed by atoms with Gasteiger partial charge in [-0.3, -0.25) is 0 Å². The SMILES string of the molecule is COc1ccccc1-c1cccc(C2CNCCO2)c1. The van der Waals surface area contributed by atoms with E-state index in [1.54, 1.807) is 7.11 Å². The van der Waals surface area contributed by atoms with Gasteiger partial charge in [0, 0.05) is 18.7 Å². The van der Waals surface area contributed by atoms with Crippen molar-refractivity contribution in [3.8, 4) is 16.9 Å². The highest BCUT2D eigenvalue weighted by Gasteiger charge is 2.16. The van der Waals surface area contributed by atoms with Gasteiger partial charge in [0.2, 0.25) is 0 Å². The summed E-state index contributed by atoms with van der Waals surface area (Å²) in [4.78, 5) is 0. The Kier molecular flexibility index (Phi) is 4.00. The highest BCUT2D eigenvalue weighted by Crippen LogP contribution is 2.31. The van der Waals surface area contributed by atoms with Crippen molar-refractivity contribution in [2.75, 3.05) is 26.8 Å². The lowest BCUT2D eigenvalue weighted by Crippen LogP contribution is -2.33. The lowest BCUT2D eigenvalue weighted by atomic mass is 9.99. The monoisotopic (exact) mass is 269 g/mol. The molecule has 20 heavy (non-hydrogen) atoms. The summed E-state index contributed by atoms with van der Waals surface area (Å²) in [5.74, 6) is 0.896. The van der Waals surface area contributed by atoms with Gasteiger partial charge in [-0.15, -0.1) is 0 Å². The first-order chi connectivity index (χ1) is 9.88. The van der Waals surface area contributed by atoms with E-state index in [-0.39, 0.29) is 6.10 Å². The van der Waals surface area contributed by atoms with Crippen LogP contribution >= 0.6 is 0 Å². The fourth-order valence-corrected chi connectivity index (χ4v) is 2.57. The van der Waals surface area contributed by atoms with Crippen LogP contribution in [0, 0.1) is 0 Å². The van der Waals surface area contributed by atoms with E-state index in [0.717, 1.165) is 36.6 Å². The van der Waals surface area contributed by atoms with Crippen molar-refractivity contribution in [3.05, 3.63) is 54.1 Å². The molecule has 0 radical (unpaired) electrons. The number of morpholine rings is 1. The fourth-order valence-electron chi connectivity index (χ4n) is 2.57. The van der Waals surface area contributed by atoms with Gasteiger partial charge < -0.3 is 14.8 Å². The molecule has 0 aromatic heterocycles. The third-order valence-corrected chi connectivity index (χ3v) is 3.60.